The minimum atomic E-state index is -0.0748. The molecule has 7 nitrogen and oxygen atoms in total. The normalized spacial score (nSPS) is 12.2. The van der Waals surface area contributed by atoms with Gasteiger partial charge in [0, 0.05) is 31.6 Å². The summed E-state index contributed by atoms with van der Waals surface area (Å²) in [5.74, 6) is 1.30. The van der Waals surface area contributed by atoms with Crippen LogP contribution in [0.5, 0.6) is 0 Å². The third kappa shape index (κ3) is 3.57. The van der Waals surface area contributed by atoms with E-state index in [1.54, 1.807) is 23.3 Å². The smallest absolute Gasteiger partial charge is 0.164 e. The van der Waals surface area contributed by atoms with Crippen molar-refractivity contribution in [3.05, 3.63) is 66.1 Å². The molecule has 0 unspecified atom stereocenters. The molecule has 0 aliphatic heterocycles. The number of hydrogen-bond donors (Lipinski definition) is 2. The zero-order valence-electron chi connectivity index (χ0n) is 15.9. The molecule has 0 radical (unpaired) electrons. The summed E-state index contributed by atoms with van der Waals surface area (Å²) in [6.07, 6.45) is 5.78. The Kier molecular flexibility index (Phi) is 4.99. The van der Waals surface area contributed by atoms with Gasteiger partial charge in [0.25, 0.3) is 0 Å². The summed E-state index contributed by atoms with van der Waals surface area (Å²) in [6.45, 7) is 2.13. The Morgan fingerprint density at radius 1 is 1.07 bits per heavy atom. The Morgan fingerprint density at radius 3 is 2.54 bits per heavy atom. The van der Waals surface area contributed by atoms with E-state index in [0.717, 1.165) is 22.2 Å². The Bertz CT molecular complexity index is 1080. The molecule has 0 amide bonds. The van der Waals surface area contributed by atoms with Gasteiger partial charge in [0.05, 0.1) is 17.6 Å². The van der Waals surface area contributed by atoms with Crippen LogP contribution in [0.3, 0.4) is 0 Å². The van der Waals surface area contributed by atoms with E-state index in [0.29, 0.717) is 18.1 Å². The number of aliphatic hydroxyl groups is 1. The van der Waals surface area contributed by atoms with Crippen LogP contribution in [0.1, 0.15) is 23.6 Å². The number of nitrogens with zero attached hydrogens (tertiary/aromatic N) is 5. The van der Waals surface area contributed by atoms with Gasteiger partial charge in [-0.1, -0.05) is 29.8 Å². The number of fused-ring (bicyclic) bond motifs is 1. The minimum absolute atomic E-state index is 0.0734. The summed E-state index contributed by atoms with van der Waals surface area (Å²) >= 11 is 0. The molecule has 0 saturated carbocycles. The summed E-state index contributed by atoms with van der Waals surface area (Å²) in [6, 6.07) is 12.0. The Morgan fingerprint density at radius 2 is 1.82 bits per heavy atom. The van der Waals surface area contributed by atoms with E-state index in [9.17, 15) is 5.11 Å². The monoisotopic (exact) mass is 374 g/mol. The van der Waals surface area contributed by atoms with Gasteiger partial charge in [0.2, 0.25) is 0 Å². The molecule has 7 heteroatoms. The van der Waals surface area contributed by atoms with Crippen LogP contribution in [-0.4, -0.2) is 36.4 Å². The molecular formula is C21H22N6O. The van der Waals surface area contributed by atoms with Crippen molar-refractivity contribution in [1.29, 1.82) is 0 Å². The van der Waals surface area contributed by atoms with Crippen molar-refractivity contribution in [3.63, 3.8) is 0 Å². The topological polar surface area (TPSA) is 88.8 Å². The quantitative estimate of drug-likeness (QED) is 0.538. The lowest BCUT2D eigenvalue weighted by atomic mass is 10.0. The minimum Gasteiger partial charge on any atom is -0.396 e. The number of rotatable bonds is 6. The number of anilines is 1. The van der Waals surface area contributed by atoms with E-state index >= 15 is 0 Å². The standard InChI is InChI=1S/C21H22N6O/c1-14-3-5-15(6-4-14)18(9-12-28)24-20-17-13-23-27(2)21(17)26-19(25-20)16-7-10-22-11-8-16/h3-8,10-11,13,18,28H,9,12H2,1-2H3,(H,24,25,26)/t18-/m1/s1. The van der Waals surface area contributed by atoms with E-state index in [1.807, 2.05) is 19.2 Å². The molecule has 0 aliphatic carbocycles. The fraction of sp³-hybridized carbons (Fsp3) is 0.238. The molecule has 0 bridgehead atoms. The third-order valence-corrected chi connectivity index (χ3v) is 4.74. The van der Waals surface area contributed by atoms with Crippen molar-refractivity contribution < 1.29 is 5.11 Å². The van der Waals surface area contributed by atoms with Crippen molar-refractivity contribution >= 4 is 16.9 Å². The maximum Gasteiger partial charge on any atom is 0.164 e. The highest BCUT2D eigenvalue weighted by atomic mass is 16.3. The molecule has 0 spiro atoms. The molecule has 0 aliphatic rings. The molecule has 3 aromatic heterocycles. The van der Waals surface area contributed by atoms with Crippen molar-refractivity contribution in [3.8, 4) is 11.4 Å². The molecule has 3 heterocycles. The highest BCUT2D eigenvalue weighted by Gasteiger charge is 2.17. The van der Waals surface area contributed by atoms with Crippen LogP contribution in [0, 0.1) is 6.92 Å². The summed E-state index contributed by atoms with van der Waals surface area (Å²) in [4.78, 5) is 13.5. The first kappa shape index (κ1) is 18.1. The first-order chi connectivity index (χ1) is 13.7. The summed E-state index contributed by atoms with van der Waals surface area (Å²) < 4.78 is 1.74. The predicted octanol–water partition coefficient (Wildman–Crippen LogP) is 3.27. The maximum atomic E-state index is 9.58. The lowest BCUT2D eigenvalue weighted by Gasteiger charge is -2.20. The van der Waals surface area contributed by atoms with Crippen LogP contribution in [-0.2, 0) is 7.05 Å². The number of nitrogens with one attached hydrogen (secondary N) is 1. The summed E-state index contributed by atoms with van der Waals surface area (Å²) in [5, 5.41) is 18.3. The fourth-order valence-electron chi connectivity index (χ4n) is 3.18. The van der Waals surface area contributed by atoms with Gasteiger partial charge in [0.15, 0.2) is 11.5 Å². The average molecular weight is 374 g/mol. The third-order valence-electron chi connectivity index (χ3n) is 4.74. The van der Waals surface area contributed by atoms with Crippen LogP contribution in [0.2, 0.25) is 0 Å². The van der Waals surface area contributed by atoms with Gasteiger partial charge in [0.1, 0.15) is 5.82 Å². The van der Waals surface area contributed by atoms with Crippen molar-refractivity contribution in [2.24, 2.45) is 7.05 Å². The number of aliphatic hydroxyl groups excluding tert-OH is 1. The summed E-state index contributed by atoms with van der Waals surface area (Å²) in [5.41, 5.74) is 3.93. The Hall–Kier alpha value is -3.32. The average Bonchev–Trinajstić information content (AvgIpc) is 3.10. The molecule has 142 valence electrons. The van der Waals surface area contributed by atoms with Crippen LogP contribution in [0.4, 0.5) is 5.82 Å². The molecule has 1 atom stereocenters. The summed E-state index contributed by atoms with van der Waals surface area (Å²) in [7, 11) is 1.86. The van der Waals surface area contributed by atoms with Gasteiger partial charge in [-0.25, -0.2) is 9.97 Å². The van der Waals surface area contributed by atoms with Gasteiger partial charge in [-0.15, -0.1) is 0 Å². The lowest BCUT2D eigenvalue weighted by Crippen LogP contribution is -2.14. The second kappa shape index (κ2) is 7.74. The number of pyridine rings is 1. The fourth-order valence-corrected chi connectivity index (χ4v) is 3.18. The second-order valence-corrected chi connectivity index (χ2v) is 6.76. The van der Waals surface area contributed by atoms with Crippen molar-refractivity contribution in [2.75, 3.05) is 11.9 Å². The van der Waals surface area contributed by atoms with Crippen molar-refractivity contribution in [1.82, 2.24) is 24.7 Å². The van der Waals surface area contributed by atoms with E-state index in [-0.39, 0.29) is 12.6 Å². The first-order valence-electron chi connectivity index (χ1n) is 9.20. The van der Waals surface area contributed by atoms with E-state index in [4.69, 9.17) is 4.98 Å². The van der Waals surface area contributed by atoms with Gasteiger partial charge in [-0.05, 0) is 31.0 Å². The molecule has 1 aromatic carbocycles. The van der Waals surface area contributed by atoms with Crippen LogP contribution in [0.15, 0.2) is 55.0 Å². The molecule has 4 aromatic rings. The molecule has 0 fully saturated rings. The van der Waals surface area contributed by atoms with Crippen molar-refractivity contribution in [2.45, 2.75) is 19.4 Å². The lowest BCUT2D eigenvalue weighted by molar-refractivity contribution is 0.280. The predicted molar refractivity (Wildman–Crippen MR) is 109 cm³/mol. The molecule has 28 heavy (non-hydrogen) atoms. The first-order valence-corrected chi connectivity index (χ1v) is 9.20. The SMILES string of the molecule is Cc1ccc([C@@H](CCO)Nc2nc(-c3ccncc3)nc3c2cnn3C)cc1. The van der Waals surface area contributed by atoms with Crippen LogP contribution < -0.4 is 5.32 Å². The zero-order chi connectivity index (χ0) is 19.5. The van der Waals surface area contributed by atoms with Gasteiger partial charge < -0.3 is 10.4 Å². The van der Waals surface area contributed by atoms with E-state index in [1.165, 1.54) is 5.56 Å². The molecule has 4 rings (SSSR count). The highest BCUT2D eigenvalue weighted by molar-refractivity contribution is 5.88. The number of aryl methyl sites for hydroxylation is 2. The Balaban J connectivity index is 1.78. The van der Waals surface area contributed by atoms with Gasteiger partial charge >= 0.3 is 0 Å². The highest BCUT2D eigenvalue weighted by Crippen LogP contribution is 2.29. The van der Waals surface area contributed by atoms with Crippen LogP contribution >= 0.6 is 0 Å². The Labute approximate surface area is 163 Å². The van der Waals surface area contributed by atoms with E-state index in [2.05, 4.69) is 51.6 Å². The van der Waals surface area contributed by atoms with Gasteiger partial charge in [-0.2, -0.15) is 5.10 Å². The zero-order valence-corrected chi connectivity index (χ0v) is 15.9. The van der Waals surface area contributed by atoms with E-state index < -0.39 is 0 Å². The molecule has 0 saturated heterocycles. The largest absolute Gasteiger partial charge is 0.396 e. The van der Waals surface area contributed by atoms with Gasteiger partial charge in [-0.3, -0.25) is 9.67 Å². The van der Waals surface area contributed by atoms with Crippen LogP contribution in [0.25, 0.3) is 22.4 Å². The number of aromatic nitrogens is 5. The molecular weight excluding hydrogens is 352 g/mol. The second-order valence-electron chi connectivity index (χ2n) is 6.76. The number of benzene rings is 1. The molecule has 2 N–H and O–H groups in total. The maximum absolute atomic E-state index is 9.58. The number of hydrogen-bond acceptors (Lipinski definition) is 6.